The number of thiazole rings is 1. The minimum atomic E-state index is 0.0335. The van der Waals surface area contributed by atoms with E-state index in [9.17, 15) is 0 Å². The number of imidazole rings is 1. The van der Waals surface area contributed by atoms with Gasteiger partial charge in [0, 0.05) is 29.9 Å². The Hall–Kier alpha value is -1.92. The summed E-state index contributed by atoms with van der Waals surface area (Å²) in [7, 11) is 0. The van der Waals surface area contributed by atoms with Gasteiger partial charge in [0.05, 0.1) is 6.20 Å². The lowest BCUT2D eigenvalue weighted by Crippen LogP contribution is -2.35. The zero-order valence-corrected chi connectivity index (χ0v) is 13.1. The maximum absolute atomic E-state index is 5.89. The van der Waals surface area contributed by atoms with Crippen molar-refractivity contribution < 1.29 is 4.74 Å². The smallest absolute Gasteiger partial charge is 0.243 e. The van der Waals surface area contributed by atoms with Crippen LogP contribution in [0.4, 0.5) is 0 Å². The first kappa shape index (κ1) is 14.0. The second kappa shape index (κ2) is 5.46. The number of aromatic nitrogens is 3. The predicted octanol–water partition coefficient (Wildman–Crippen LogP) is 3.47. The van der Waals surface area contributed by atoms with Crippen LogP contribution < -0.4 is 10.1 Å². The maximum atomic E-state index is 5.89. The zero-order chi connectivity index (χ0) is 14.9. The highest BCUT2D eigenvalue weighted by molar-refractivity contribution is 7.15. The van der Waals surface area contributed by atoms with Gasteiger partial charge in [0.2, 0.25) is 5.88 Å². The summed E-state index contributed by atoms with van der Waals surface area (Å²) < 4.78 is 7.95. The van der Waals surface area contributed by atoms with Crippen molar-refractivity contribution in [2.24, 2.45) is 0 Å². The third kappa shape index (κ3) is 3.22. The normalized spacial score (nSPS) is 12.0. The van der Waals surface area contributed by atoms with E-state index >= 15 is 0 Å². The van der Waals surface area contributed by atoms with Crippen molar-refractivity contribution in [2.45, 2.75) is 32.9 Å². The van der Waals surface area contributed by atoms with Crippen LogP contribution in [0.1, 0.15) is 26.5 Å². The lowest BCUT2D eigenvalue weighted by molar-refractivity contribution is 0.406. The average Bonchev–Trinajstić information content (AvgIpc) is 2.98. The number of hydrogen-bond acceptors (Lipinski definition) is 5. The molecule has 0 aliphatic carbocycles. The molecule has 0 radical (unpaired) electrons. The summed E-state index contributed by atoms with van der Waals surface area (Å²) in [5.74, 6) is 1.33. The van der Waals surface area contributed by atoms with Gasteiger partial charge >= 0.3 is 0 Å². The molecular formula is C15H18N4OS. The summed E-state index contributed by atoms with van der Waals surface area (Å²) >= 11 is 1.59. The first-order valence-electron chi connectivity index (χ1n) is 6.80. The van der Waals surface area contributed by atoms with Crippen molar-refractivity contribution in [2.75, 3.05) is 0 Å². The van der Waals surface area contributed by atoms with Gasteiger partial charge in [-0.15, -0.1) is 11.3 Å². The molecule has 3 aromatic rings. The van der Waals surface area contributed by atoms with Gasteiger partial charge in [0.1, 0.15) is 11.4 Å². The molecule has 0 fully saturated rings. The average molecular weight is 302 g/mol. The zero-order valence-electron chi connectivity index (χ0n) is 12.3. The maximum Gasteiger partial charge on any atom is 0.243 e. The molecule has 0 aliphatic rings. The molecule has 3 aromatic heterocycles. The molecule has 110 valence electrons. The van der Waals surface area contributed by atoms with Crippen LogP contribution in [0.5, 0.6) is 11.6 Å². The number of hydrogen-bond donors (Lipinski definition) is 1. The Kier molecular flexibility index (Phi) is 3.65. The molecule has 1 N–H and O–H groups in total. The second-order valence-electron chi connectivity index (χ2n) is 5.81. The van der Waals surface area contributed by atoms with Crippen LogP contribution in [0.2, 0.25) is 0 Å². The fraction of sp³-hybridized carbons (Fsp3) is 0.333. The standard InChI is InChI=1S/C15H18N4OS/c1-15(2,3)17-10-12-13(18-14-19(12)7-8-21-14)20-11-5-4-6-16-9-11/h4-9,17H,10H2,1-3H3. The quantitative estimate of drug-likeness (QED) is 0.802. The molecule has 0 aliphatic heterocycles. The predicted molar refractivity (Wildman–Crippen MR) is 84.0 cm³/mol. The van der Waals surface area contributed by atoms with E-state index in [0.29, 0.717) is 18.2 Å². The summed E-state index contributed by atoms with van der Waals surface area (Å²) in [4.78, 5) is 9.56. The van der Waals surface area contributed by atoms with E-state index in [2.05, 4.69) is 40.5 Å². The first-order valence-corrected chi connectivity index (χ1v) is 7.68. The molecule has 3 rings (SSSR count). The van der Waals surface area contributed by atoms with Crippen LogP contribution in [-0.4, -0.2) is 19.9 Å². The number of fused-ring (bicyclic) bond motifs is 1. The molecule has 0 atom stereocenters. The van der Waals surface area contributed by atoms with Gasteiger partial charge in [-0.2, -0.15) is 4.98 Å². The van der Waals surface area contributed by atoms with Gasteiger partial charge in [-0.3, -0.25) is 9.38 Å². The van der Waals surface area contributed by atoms with Crippen LogP contribution >= 0.6 is 11.3 Å². The van der Waals surface area contributed by atoms with Gasteiger partial charge in [-0.05, 0) is 32.9 Å². The van der Waals surface area contributed by atoms with E-state index in [-0.39, 0.29) is 5.54 Å². The summed E-state index contributed by atoms with van der Waals surface area (Å²) in [6.45, 7) is 7.11. The Bertz CT molecular complexity index is 727. The number of ether oxygens (including phenoxy) is 1. The molecule has 0 saturated carbocycles. The second-order valence-corrected chi connectivity index (χ2v) is 6.69. The third-order valence-electron chi connectivity index (χ3n) is 2.96. The Balaban J connectivity index is 1.92. The van der Waals surface area contributed by atoms with Crippen LogP contribution in [0, 0.1) is 0 Å². The Labute approximate surface area is 127 Å². The molecule has 0 spiro atoms. The van der Waals surface area contributed by atoms with E-state index in [4.69, 9.17) is 4.74 Å². The van der Waals surface area contributed by atoms with Crippen molar-refractivity contribution in [3.63, 3.8) is 0 Å². The highest BCUT2D eigenvalue weighted by Crippen LogP contribution is 2.27. The fourth-order valence-electron chi connectivity index (χ4n) is 1.92. The van der Waals surface area contributed by atoms with Gasteiger partial charge < -0.3 is 10.1 Å². The van der Waals surface area contributed by atoms with E-state index in [1.54, 1.807) is 23.7 Å². The highest BCUT2D eigenvalue weighted by Gasteiger charge is 2.18. The monoisotopic (exact) mass is 302 g/mol. The molecule has 0 unspecified atom stereocenters. The Morgan fingerprint density at radius 2 is 2.24 bits per heavy atom. The summed E-state index contributed by atoms with van der Waals surface area (Å²) in [5.41, 5.74) is 1.05. The summed E-state index contributed by atoms with van der Waals surface area (Å²) in [6.07, 6.45) is 5.43. The van der Waals surface area contributed by atoms with Crippen molar-refractivity contribution in [3.8, 4) is 11.6 Å². The molecule has 21 heavy (non-hydrogen) atoms. The minimum Gasteiger partial charge on any atom is -0.436 e. The Morgan fingerprint density at radius 1 is 1.38 bits per heavy atom. The molecule has 0 bridgehead atoms. The molecular weight excluding hydrogens is 284 g/mol. The van der Waals surface area contributed by atoms with Crippen LogP contribution in [0.15, 0.2) is 36.1 Å². The van der Waals surface area contributed by atoms with E-state index < -0.39 is 0 Å². The van der Waals surface area contributed by atoms with E-state index in [1.165, 1.54) is 0 Å². The molecule has 5 nitrogen and oxygen atoms in total. The number of nitrogens with one attached hydrogen (secondary N) is 1. The highest BCUT2D eigenvalue weighted by atomic mass is 32.1. The largest absolute Gasteiger partial charge is 0.436 e. The first-order chi connectivity index (χ1) is 10.0. The summed E-state index contributed by atoms with van der Waals surface area (Å²) in [6, 6.07) is 3.72. The Morgan fingerprint density at radius 3 is 2.95 bits per heavy atom. The number of pyridine rings is 1. The van der Waals surface area contributed by atoms with Crippen molar-refractivity contribution >= 4 is 16.3 Å². The number of nitrogens with zero attached hydrogens (tertiary/aromatic N) is 3. The van der Waals surface area contributed by atoms with Crippen molar-refractivity contribution in [3.05, 3.63) is 41.8 Å². The summed E-state index contributed by atoms with van der Waals surface area (Å²) in [5, 5.41) is 5.51. The third-order valence-corrected chi connectivity index (χ3v) is 3.72. The van der Waals surface area contributed by atoms with Gasteiger partial charge in [-0.1, -0.05) is 0 Å². The van der Waals surface area contributed by atoms with Gasteiger partial charge in [0.15, 0.2) is 4.96 Å². The van der Waals surface area contributed by atoms with Crippen LogP contribution in [-0.2, 0) is 6.54 Å². The molecule has 0 aromatic carbocycles. The van der Waals surface area contributed by atoms with Gasteiger partial charge in [-0.25, -0.2) is 0 Å². The lowest BCUT2D eigenvalue weighted by atomic mass is 10.1. The van der Waals surface area contributed by atoms with Crippen LogP contribution in [0.3, 0.4) is 0 Å². The topological polar surface area (TPSA) is 51.5 Å². The number of rotatable bonds is 4. The van der Waals surface area contributed by atoms with E-state index in [0.717, 1.165) is 10.7 Å². The van der Waals surface area contributed by atoms with Crippen molar-refractivity contribution in [1.82, 2.24) is 19.7 Å². The molecule has 3 heterocycles. The van der Waals surface area contributed by atoms with Crippen molar-refractivity contribution in [1.29, 1.82) is 0 Å². The lowest BCUT2D eigenvalue weighted by Gasteiger charge is -2.20. The fourth-order valence-corrected chi connectivity index (χ4v) is 2.65. The van der Waals surface area contributed by atoms with Gasteiger partial charge in [0.25, 0.3) is 0 Å². The minimum absolute atomic E-state index is 0.0335. The molecule has 6 heteroatoms. The van der Waals surface area contributed by atoms with Crippen LogP contribution in [0.25, 0.3) is 4.96 Å². The van der Waals surface area contributed by atoms with E-state index in [1.807, 2.05) is 23.7 Å². The molecule has 0 amide bonds. The SMILES string of the molecule is CC(C)(C)NCc1c(Oc2cccnc2)nc2sccn12. The molecule has 0 saturated heterocycles.